The molecule has 1 fully saturated rings. The molecule has 0 spiro atoms. The molecule has 1 saturated carbocycles. The van der Waals surface area contributed by atoms with Crippen LogP contribution in [-0.4, -0.2) is 15.7 Å². The van der Waals surface area contributed by atoms with E-state index < -0.39 is 0 Å². The molecule has 3 rings (SSSR count). The zero-order valence-corrected chi connectivity index (χ0v) is 14.2. The fraction of sp³-hybridized carbons (Fsp3) is 0.450. The first-order valence-corrected chi connectivity index (χ1v) is 8.98. The Hall–Kier alpha value is -2.23. The predicted molar refractivity (Wildman–Crippen MR) is 99.1 cm³/mol. The lowest BCUT2D eigenvalue weighted by atomic mass is 9.85. The molecule has 4 nitrogen and oxygen atoms in total. The lowest BCUT2D eigenvalue weighted by molar-refractivity contribution is 0.334. The van der Waals surface area contributed by atoms with E-state index in [-0.39, 0.29) is 0 Å². The van der Waals surface area contributed by atoms with E-state index in [4.69, 9.17) is 11.1 Å². The largest absolute Gasteiger partial charge is 0.398 e. The first-order valence-electron chi connectivity index (χ1n) is 8.98. The molecule has 0 aliphatic heterocycles. The summed E-state index contributed by atoms with van der Waals surface area (Å²) < 4.78 is 0. The minimum atomic E-state index is 0.633. The second kappa shape index (κ2) is 8.04. The van der Waals surface area contributed by atoms with Crippen LogP contribution < -0.4 is 5.73 Å². The Balaban J connectivity index is 1.63. The second-order valence-corrected chi connectivity index (χ2v) is 6.77. The van der Waals surface area contributed by atoms with E-state index in [9.17, 15) is 0 Å². The molecule has 0 saturated heterocycles. The number of nitrogen functional groups attached to an aromatic ring is 1. The van der Waals surface area contributed by atoms with Gasteiger partial charge in [-0.15, -0.1) is 0 Å². The maximum Gasteiger partial charge on any atom is 0.0885 e. The van der Waals surface area contributed by atoms with Gasteiger partial charge in [0.1, 0.15) is 0 Å². The maximum absolute atomic E-state index is 8.43. The van der Waals surface area contributed by atoms with Gasteiger partial charge in [-0.05, 0) is 30.9 Å². The summed E-state index contributed by atoms with van der Waals surface area (Å²) in [6.45, 7) is 0. The van der Waals surface area contributed by atoms with E-state index in [1.54, 1.807) is 18.6 Å². The van der Waals surface area contributed by atoms with Crippen LogP contribution in [0.3, 0.4) is 0 Å². The van der Waals surface area contributed by atoms with Crippen LogP contribution in [0.5, 0.6) is 0 Å². The average Bonchev–Trinajstić information content (AvgIpc) is 2.63. The van der Waals surface area contributed by atoms with E-state index in [0.717, 1.165) is 35.6 Å². The van der Waals surface area contributed by atoms with Gasteiger partial charge in [-0.3, -0.25) is 9.97 Å². The van der Waals surface area contributed by atoms with Gasteiger partial charge in [0.2, 0.25) is 0 Å². The fourth-order valence-corrected chi connectivity index (χ4v) is 3.60. The standard InChI is InChI=1S/C20H26N4/c21-18(8-4-7-15-5-2-1-3-6-15)17-13-16(9-10-19(17)22)20-14-23-11-12-24-20/h9-15,21H,1-8,22H2. The van der Waals surface area contributed by atoms with Gasteiger partial charge in [0.15, 0.2) is 0 Å². The lowest BCUT2D eigenvalue weighted by Gasteiger charge is -2.21. The smallest absolute Gasteiger partial charge is 0.0885 e. The Bertz CT molecular complexity index is 675. The summed E-state index contributed by atoms with van der Waals surface area (Å²) in [6, 6.07) is 5.79. The highest BCUT2D eigenvalue weighted by Gasteiger charge is 2.14. The van der Waals surface area contributed by atoms with Gasteiger partial charge in [-0.25, -0.2) is 0 Å². The first kappa shape index (κ1) is 16.6. The van der Waals surface area contributed by atoms with Crippen molar-refractivity contribution in [1.82, 2.24) is 9.97 Å². The summed E-state index contributed by atoms with van der Waals surface area (Å²) in [4.78, 5) is 8.44. The molecule has 1 aromatic carbocycles. The summed E-state index contributed by atoms with van der Waals surface area (Å²) >= 11 is 0. The van der Waals surface area contributed by atoms with E-state index in [0.29, 0.717) is 11.4 Å². The van der Waals surface area contributed by atoms with Gasteiger partial charge >= 0.3 is 0 Å². The first-order chi connectivity index (χ1) is 11.7. The average molecular weight is 322 g/mol. The number of hydrogen-bond acceptors (Lipinski definition) is 4. The van der Waals surface area contributed by atoms with Crippen molar-refractivity contribution in [2.45, 2.75) is 51.4 Å². The van der Waals surface area contributed by atoms with Crippen LogP contribution in [0.2, 0.25) is 0 Å². The Morgan fingerprint density at radius 2 is 2.00 bits per heavy atom. The number of nitrogens with zero attached hydrogens (tertiary/aromatic N) is 2. The van der Waals surface area contributed by atoms with Crippen molar-refractivity contribution in [2.75, 3.05) is 5.73 Å². The molecule has 0 radical (unpaired) electrons. The minimum Gasteiger partial charge on any atom is -0.398 e. The molecule has 0 amide bonds. The van der Waals surface area contributed by atoms with Crippen LogP contribution in [0, 0.1) is 11.3 Å². The molecule has 4 heteroatoms. The molecule has 1 aliphatic rings. The number of rotatable bonds is 6. The highest BCUT2D eigenvalue weighted by atomic mass is 14.8. The number of hydrogen-bond donors (Lipinski definition) is 2. The highest BCUT2D eigenvalue weighted by molar-refractivity contribution is 6.03. The molecule has 2 aromatic rings. The van der Waals surface area contributed by atoms with Crippen molar-refractivity contribution in [1.29, 1.82) is 5.41 Å². The van der Waals surface area contributed by atoms with Crippen LogP contribution in [0.1, 0.15) is 56.9 Å². The molecule has 0 atom stereocenters. The van der Waals surface area contributed by atoms with Gasteiger partial charge < -0.3 is 11.1 Å². The summed E-state index contributed by atoms with van der Waals surface area (Å²) in [5, 5.41) is 8.43. The van der Waals surface area contributed by atoms with Crippen LogP contribution >= 0.6 is 0 Å². The normalized spacial score (nSPS) is 15.3. The SMILES string of the molecule is N=C(CCCC1CCCCC1)c1cc(-c2cnccn2)ccc1N. The highest BCUT2D eigenvalue weighted by Crippen LogP contribution is 2.28. The van der Waals surface area contributed by atoms with Crippen molar-refractivity contribution >= 4 is 11.4 Å². The van der Waals surface area contributed by atoms with Crippen molar-refractivity contribution in [3.63, 3.8) is 0 Å². The molecule has 1 aliphatic carbocycles. The molecule has 1 heterocycles. The summed E-state index contributed by atoms with van der Waals surface area (Å²) in [7, 11) is 0. The molecule has 0 bridgehead atoms. The van der Waals surface area contributed by atoms with Gasteiger partial charge in [0.25, 0.3) is 0 Å². The van der Waals surface area contributed by atoms with Crippen molar-refractivity contribution in [2.24, 2.45) is 5.92 Å². The molecule has 126 valence electrons. The lowest BCUT2D eigenvalue weighted by Crippen LogP contribution is -2.08. The Morgan fingerprint density at radius 1 is 1.17 bits per heavy atom. The fourth-order valence-electron chi connectivity index (χ4n) is 3.60. The van der Waals surface area contributed by atoms with Gasteiger partial charge in [0, 0.05) is 34.9 Å². The molecular weight excluding hydrogens is 296 g/mol. The molecule has 24 heavy (non-hydrogen) atoms. The number of anilines is 1. The van der Waals surface area contributed by atoms with E-state index in [2.05, 4.69) is 9.97 Å². The van der Waals surface area contributed by atoms with Gasteiger partial charge in [-0.1, -0.05) is 44.6 Å². The zero-order valence-electron chi connectivity index (χ0n) is 14.2. The van der Waals surface area contributed by atoms with E-state index in [1.807, 2.05) is 18.2 Å². The molecule has 3 N–H and O–H groups in total. The van der Waals surface area contributed by atoms with E-state index in [1.165, 1.54) is 38.5 Å². The number of nitrogens with two attached hydrogens (primary N) is 1. The summed E-state index contributed by atoms with van der Waals surface area (Å²) in [6.07, 6.45) is 15.1. The number of aromatic nitrogens is 2. The quantitative estimate of drug-likeness (QED) is 0.590. The third kappa shape index (κ3) is 4.19. The monoisotopic (exact) mass is 322 g/mol. The van der Waals surface area contributed by atoms with E-state index >= 15 is 0 Å². The maximum atomic E-state index is 8.43. The van der Waals surface area contributed by atoms with Crippen LogP contribution in [-0.2, 0) is 0 Å². The third-order valence-corrected chi connectivity index (χ3v) is 5.00. The molecule has 0 unspecified atom stereocenters. The van der Waals surface area contributed by atoms with Crippen molar-refractivity contribution in [3.8, 4) is 11.3 Å². The number of benzene rings is 1. The van der Waals surface area contributed by atoms with Crippen molar-refractivity contribution < 1.29 is 0 Å². The van der Waals surface area contributed by atoms with Crippen molar-refractivity contribution in [3.05, 3.63) is 42.4 Å². The Labute approximate surface area is 144 Å². The zero-order chi connectivity index (χ0) is 16.8. The van der Waals surface area contributed by atoms with Gasteiger partial charge in [-0.2, -0.15) is 0 Å². The second-order valence-electron chi connectivity index (χ2n) is 6.77. The molecule has 1 aromatic heterocycles. The summed E-state index contributed by atoms with van der Waals surface area (Å²) in [5.74, 6) is 0.870. The Kier molecular flexibility index (Phi) is 5.57. The number of nitrogens with one attached hydrogen (secondary N) is 1. The third-order valence-electron chi connectivity index (χ3n) is 5.00. The minimum absolute atomic E-state index is 0.633. The Morgan fingerprint density at radius 3 is 2.75 bits per heavy atom. The topological polar surface area (TPSA) is 75.7 Å². The van der Waals surface area contributed by atoms with Crippen LogP contribution in [0.15, 0.2) is 36.8 Å². The van der Waals surface area contributed by atoms with Crippen LogP contribution in [0.4, 0.5) is 5.69 Å². The van der Waals surface area contributed by atoms with Crippen LogP contribution in [0.25, 0.3) is 11.3 Å². The van der Waals surface area contributed by atoms with Gasteiger partial charge in [0.05, 0.1) is 11.9 Å². The predicted octanol–water partition coefficient (Wildman–Crippen LogP) is 4.84. The summed E-state index contributed by atoms with van der Waals surface area (Å²) in [5.41, 5.74) is 10.0. The molecular formula is C20H26N4.